The standard InChI is InChI=1S/C31H30BrIN2O10S/c1-6-42-22-13-18(8-9-21(22)44-14-24(36)40-4)27-26(30(39)43-7-2)16(3)34-31-35(27)29(38)23(46-31)12-17-10-19(32)28(20(33)11-17)45-15-25(37)41-5/h8-13,27H,6-7,14-15H2,1-5H3/b23-12-/t27-/m0/s1. The zero-order valence-corrected chi connectivity index (χ0v) is 30.1. The van der Waals surface area contributed by atoms with Crippen LogP contribution < -0.4 is 29.1 Å². The Bertz CT molecular complexity index is 1860. The fraction of sp³-hybridized carbons (Fsp3) is 0.323. The first-order valence-corrected chi connectivity index (χ1v) is 16.6. The summed E-state index contributed by atoms with van der Waals surface area (Å²) in [5, 5.41) is 0. The highest BCUT2D eigenvalue weighted by Gasteiger charge is 2.34. The summed E-state index contributed by atoms with van der Waals surface area (Å²) >= 11 is 6.74. The minimum Gasteiger partial charge on any atom is -0.490 e. The molecule has 0 amide bonds. The first-order chi connectivity index (χ1) is 22.0. The van der Waals surface area contributed by atoms with Gasteiger partial charge in [0.2, 0.25) is 0 Å². The third-order valence-corrected chi connectivity index (χ3v) is 8.93. The molecule has 3 aromatic rings. The third kappa shape index (κ3) is 7.81. The fourth-order valence-electron chi connectivity index (χ4n) is 4.53. The Hall–Kier alpha value is -3.70. The molecule has 2 aromatic carbocycles. The Balaban J connectivity index is 1.85. The monoisotopic (exact) mass is 828 g/mol. The number of esters is 3. The molecule has 4 rings (SSSR count). The lowest BCUT2D eigenvalue weighted by molar-refractivity contribution is -0.143. The Labute approximate surface area is 289 Å². The average molecular weight is 829 g/mol. The van der Waals surface area contributed by atoms with Gasteiger partial charge in [-0.15, -0.1) is 0 Å². The maximum atomic E-state index is 14.1. The van der Waals surface area contributed by atoms with E-state index >= 15 is 0 Å². The number of rotatable bonds is 12. The van der Waals surface area contributed by atoms with E-state index < -0.39 is 23.9 Å². The van der Waals surface area contributed by atoms with Gasteiger partial charge in [-0.25, -0.2) is 19.4 Å². The topological polar surface area (TPSA) is 141 Å². The molecule has 0 saturated heterocycles. The van der Waals surface area contributed by atoms with Gasteiger partial charge in [-0.2, -0.15) is 0 Å². The van der Waals surface area contributed by atoms with Crippen molar-refractivity contribution in [2.75, 3.05) is 40.6 Å². The number of nitrogens with zero attached hydrogens (tertiary/aromatic N) is 2. The van der Waals surface area contributed by atoms with Crippen LogP contribution in [0.4, 0.5) is 0 Å². The quantitative estimate of drug-likeness (QED) is 0.151. The number of aromatic nitrogens is 1. The van der Waals surface area contributed by atoms with E-state index in [4.69, 9.17) is 18.9 Å². The second-order valence-corrected chi connectivity index (χ2v) is 12.5. The second-order valence-electron chi connectivity index (χ2n) is 9.48. The molecule has 0 N–H and O–H groups in total. The summed E-state index contributed by atoms with van der Waals surface area (Å²) in [5.74, 6) is -0.612. The van der Waals surface area contributed by atoms with Crippen molar-refractivity contribution in [3.63, 3.8) is 0 Å². The molecule has 0 spiro atoms. The van der Waals surface area contributed by atoms with Crippen molar-refractivity contribution in [2.24, 2.45) is 4.99 Å². The number of carbonyl (C=O) groups is 3. The highest BCUT2D eigenvalue weighted by Crippen LogP contribution is 2.37. The summed E-state index contributed by atoms with van der Waals surface area (Å²) in [5.41, 5.74) is 1.48. The van der Waals surface area contributed by atoms with Crippen LogP contribution in [0, 0.1) is 3.57 Å². The number of fused-ring (bicyclic) bond motifs is 1. The molecule has 0 fully saturated rings. The highest BCUT2D eigenvalue weighted by molar-refractivity contribution is 14.1. The molecule has 1 atom stereocenters. The van der Waals surface area contributed by atoms with Crippen LogP contribution in [0.25, 0.3) is 6.08 Å². The fourth-order valence-corrected chi connectivity index (χ4v) is 7.34. The lowest BCUT2D eigenvalue weighted by Crippen LogP contribution is -2.40. The molecule has 0 unspecified atom stereocenters. The molecule has 2 heterocycles. The van der Waals surface area contributed by atoms with Crippen LogP contribution in [-0.2, 0) is 28.6 Å². The van der Waals surface area contributed by atoms with E-state index in [1.165, 1.54) is 30.1 Å². The number of halogens is 2. The lowest BCUT2D eigenvalue weighted by Gasteiger charge is -2.25. The molecule has 46 heavy (non-hydrogen) atoms. The SMILES string of the molecule is CCOC(=O)C1=C(C)N=c2s/c(=C\c3cc(Br)c(OCC(=O)OC)c(I)c3)c(=O)n2[C@H]1c1ccc(OCC(=O)OC)c(OCC)c1. The Morgan fingerprint density at radius 3 is 2.33 bits per heavy atom. The number of ether oxygens (including phenoxy) is 6. The van der Waals surface area contributed by atoms with E-state index in [2.05, 4.69) is 53.0 Å². The van der Waals surface area contributed by atoms with E-state index in [9.17, 15) is 19.2 Å². The highest BCUT2D eigenvalue weighted by atomic mass is 127. The Morgan fingerprint density at radius 2 is 1.70 bits per heavy atom. The summed E-state index contributed by atoms with van der Waals surface area (Å²) in [4.78, 5) is 55.6. The summed E-state index contributed by atoms with van der Waals surface area (Å²) in [6.07, 6.45) is 1.72. The molecule has 1 aliphatic heterocycles. The van der Waals surface area contributed by atoms with Crippen molar-refractivity contribution < 1.29 is 42.8 Å². The van der Waals surface area contributed by atoms with Gasteiger partial charge in [0.15, 0.2) is 29.5 Å². The van der Waals surface area contributed by atoms with Crippen LogP contribution in [0.15, 0.2) is 55.9 Å². The van der Waals surface area contributed by atoms with Gasteiger partial charge in [-0.05, 0) is 101 Å². The predicted molar refractivity (Wildman–Crippen MR) is 180 cm³/mol. The molecule has 0 radical (unpaired) electrons. The van der Waals surface area contributed by atoms with E-state index in [-0.39, 0.29) is 31.0 Å². The van der Waals surface area contributed by atoms with Gasteiger partial charge in [0.05, 0.1) is 57.3 Å². The Morgan fingerprint density at radius 1 is 1.00 bits per heavy atom. The molecular formula is C31H30BrIN2O10S. The first-order valence-electron chi connectivity index (χ1n) is 13.9. The normalized spacial score (nSPS) is 14.2. The van der Waals surface area contributed by atoms with Crippen molar-refractivity contribution in [2.45, 2.75) is 26.8 Å². The minimum atomic E-state index is -0.896. The van der Waals surface area contributed by atoms with Gasteiger partial charge >= 0.3 is 17.9 Å². The average Bonchev–Trinajstić information content (AvgIpc) is 3.32. The summed E-state index contributed by atoms with van der Waals surface area (Å²) < 4.78 is 34.8. The molecule has 0 bridgehead atoms. The molecule has 12 nitrogen and oxygen atoms in total. The number of methoxy groups -OCH3 is 2. The van der Waals surface area contributed by atoms with E-state index in [1.807, 2.05) is 6.07 Å². The molecule has 244 valence electrons. The largest absolute Gasteiger partial charge is 0.490 e. The second kappa shape index (κ2) is 15.7. The number of benzene rings is 2. The van der Waals surface area contributed by atoms with E-state index in [0.717, 1.165) is 0 Å². The van der Waals surface area contributed by atoms with E-state index in [1.54, 1.807) is 51.1 Å². The number of thiazole rings is 1. The lowest BCUT2D eigenvalue weighted by atomic mass is 9.95. The molecule has 15 heteroatoms. The van der Waals surface area contributed by atoms with Crippen LogP contribution in [0.1, 0.15) is 37.9 Å². The molecular weight excluding hydrogens is 799 g/mol. The molecule has 1 aromatic heterocycles. The maximum Gasteiger partial charge on any atom is 0.343 e. The number of carbonyl (C=O) groups excluding carboxylic acids is 3. The van der Waals surface area contributed by atoms with Gasteiger partial charge in [0.1, 0.15) is 5.75 Å². The number of hydrogen-bond donors (Lipinski definition) is 0. The molecule has 1 aliphatic rings. The van der Waals surface area contributed by atoms with Gasteiger partial charge < -0.3 is 28.4 Å². The van der Waals surface area contributed by atoms with Crippen molar-refractivity contribution >= 4 is 73.8 Å². The van der Waals surface area contributed by atoms with Gasteiger partial charge in [-0.3, -0.25) is 9.36 Å². The first kappa shape index (κ1) is 35.2. The van der Waals surface area contributed by atoms with Gasteiger partial charge in [-0.1, -0.05) is 17.4 Å². The summed E-state index contributed by atoms with van der Waals surface area (Å²) in [6.45, 7) is 5.03. The van der Waals surface area contributed by atoms with Crippen molar-refractivity contribution in [1.29, 1.82) is 0 Å². The minimum absolute atomic E-state index is 0.129. The van der Waals surface area contributed by atoms with Gasteiger partial charge in [0, 0.05) is 0 Å². The predicted octanol–water partition coefficient (Wildman–Crippen LogP) is 3.67. The third-order valence-electron chi connectivity index (χ3n) is 6.55. The van der Waals surface area contributed by atoms with Crippen LogP contribution in [0.2, 0.25) is 0 Å². The number of hydrogen-bond acceptors (Lipinski definition) is 12. The Kier molecular flexibility index (Phi) is 12.0. The van der Waals surface area contributed by atoms with E-state index in [0.29, 0.717) is 58.1 Å². The summed E-state index contributed by atoms with van der Waals surface area (Å²) in [7, 11) is 2.54. The van der Waals surface area contributed by atoms with Crippen molar-refractivity contribution in [3.05, 3.63) is 80.5 Å². The zero-order chi connectivity index (χ0) is 33.5. The van der Waals surface area contributed by atoms with Crippen LogP contribution in [-0.4, -0.2) is 63.1 Å². The van der Waals surface area contributed by atoms with Crippen molar-refractivity contribution in [3.8, 4) is 17.2 Å². The summed E-state index contributed by atoms with van der Waals surface area (Å²) in [6, 6.07) is 7.66. The van der Waals surface area contributed by atoms with Crippen LogP contribution in [0.3, 0.4) is 0 Å². The van der Waals surface area contributed by atoms with Crippen molar-refractivity contribution in [1.82, 2.24) is 4.57 Å². The van der Waals surface area contributed by atoms with Gasteiger partial charge in [0.25, 0.3) is 5.56 Å². The molecule has 0 saturated carbocycles. The smallest absolute Gasteiger partial charge is 0.343 e. The number of allylic oxidation sites excluding steroid dienone is 1. The zero-order valence-electron chi connectivity index (χ0n) is 25.5. The maximum absolute atomic E-state index is 14.1. The van der Waals surface area contributed by atoms with Crippen LogP contribution >= 0.6 is 49.9 Å². The molecule has 0 aliphatic carbocycles. The van der Waals surface area contributed by atoms with Crippen LogP contribution in [0.5, 0.6) is 17.2 Å².